The molecule has 1 fully saturated rings. The number of hydrogen-bond acceptors (Lipinski definition) is 6. The number of likely N-dealkylation sites (N-methyl/N-ethyl adjacent to an activating group) is 1. The van der Waals surface area contributed by atoms with Crippen molar-refractivity contribution in [1.29, 1.82) is 0 Å². The standard InChI is InChI=1S/C22H36N4O3S/c1-22(2,3)29-21(28)24-19(10-15-30-5)20(27)23-18-8-6-17(7-9-18)16-26-13-11-25(4)12-14-26/h6-9,19H,10-16H2,1-5H3,(H,23,27)(H,24,28). The number of anilines is 1. The predicted octanol–water partition coefficient (Wildman–Crippen LogP) is 3.02. The van der Waals surface area contributed by atoms with Gasteiger partial charge in [0.25, 0.3) is 0 Å². The van der Waals surface area contributed by atoms with Crippen LogP contribution in [-0.2, 0) is 16.1 Å². The van der Waals surface area contributed by atoms with Crippen molar-refractivity contribution in [2.45, 2.75) is 45.4 Å². The molecule has 7 nitrogen and oxygen atoms in total. The molecular formula is C22H36N4O3S. The van der Waals surface area contributed by atoms with Gasteiger partial charge in [0, 0.05) is 38.4 Å². The number of amides is 2. The molecule has 0 aliphatic carbocycles. The molecule has 1 atom stereocenters. The first kappa shape index (κ1) is 24.5. The van der Waals surface area contributed by atoms with E-state index < -0.39 is 17.7 Å². The molecule has 8 heteroatoms. The molecule has 1 heterocycles. The highest BCUT2D eigenvalue weighted by Gasteiger charge is 2.24. The number of carbonyl (C=O) groups excluding carboxylic acids is 2. The van der Waals surface area contributed by atoms with Gasteiger partial charge in [-0.2, -0.15) is 11.8 Å². The van der Waals surface area contributed by atoms with Crippen molar-refractivity contribution in [2.24, 2.45) is 0 Å². The lowest BCUT2D eigenvalue weighted by Crippen LogP contribution is -2.46. The van der Waals surface area contributed by atoms with Crippen molar-refractivity contribution in [3.05, 3.63) is 29.8 Å². The summed E-state index contributed by atoms with van der Waals surface area (Å²) < 4.78 is 5.30. The summed E-state index contributed by atoms with van der Waals surface area (Å²) in [4.78, 5) is 29.6. The van der Waals surface area contributed by atoms with Crippen LogP contribution in [0.2, 0.25) is 0 Å². The number of nitrogens with one attached hydrogen (secondary N) is 2. The molecular weight excluding hydrogens is 400 g/mol. The molecule has 168 valence electrons. The van der Waals surface area contributed by atoms with E-state index in [9.17, 15) is 9.59 Å². The topological polar surface area (TPSA) is 73.9 Å². The molecule has 1 unspecified atom stereocenters. The molecule has 0 aromatic heterocycles. The first-order chi connectivity index (χ1) is 14.2. The minimum absolute atomic E-state index is 0.235. The average Bonchev–Trinajstić information content (AvgIpc) is 2.67. The highest BCUT2D eigenvalue weighted by Crippen LogP contribution is 2.14. The molecule has 1 aliphatic rings. The zero-order valence-electron chi connectivity index (χ0n) is 18.9. The molecule has 1 aliphatic heterocycles. The van der Waals surface area contributed by atoms with Gasteiger partial charge in [-0.05, 0) is 63.9 Å². The Kier molecular flexibility index (Phi) is 9.45. The van der Waals surface area contributed by atoms with Crippen LogP contribution in [0.5, 0.6) is 0 Å². The van der Waals surface area contributed by atoms with Gasteiger partial charge in [-0.25, -0.2) is 4.79 Å². The number of thioether (sulfide) groups is 1. The van der Waals surface area contributed by atoms with E-state index in [0.29, 0.717) is 6.42 Å². The Morgan fingerprint density at radius 2 is 1.77 bits per heavy atom. The van der Waals surface area contributed by atoms with Crippen LogP contribution >= 0.6 is 11.8 Å². The number of piperazine rings is 1. The van der Waals surface area contributed by atoms with Crippen LogP contribution in [0.1, 0.15) is 32.8 Å². The van der Waals surface area contributed by atoms with Gasteiger partial charge in [-0.3, -0.25) is 9.69 Å². The van der Waals surface area contributed by atoms with Crippen molar-refractivity contribution < 1.29 is 14.3 Å². The zero-order chi connectivity index (χ0) is 22.1. The van der Waals surface area contributed by atoms with Crippen LogP contribution in [0, 0.1) is 0 Å². The van der Waals surface area contributed by atoms with Crippen LogP contribution in [0.3, 0.4) is 0 Å². The molecule has 2 amide bonds. The van der Waals surface area contributed by atoms with Gasteiger partial charge in [-0.15, -0.1) is 0 Å². The van der Waals surface area contributed by atoms with Crippen molar-refractivity contribution in [2.75, 3.05) is 50.6 Å². The quantitative estimate of drug-likeness (QED) is 0.653. The molecule has 30 heavy (non-hydrogen) atoms. The van der Waals surface area contributed by atoms with Gasteiger partial charge in [0.1, 0.15) is 11.6 Å². The smallest absolute Gasteiger partial charge is 0.408 e. The summed E-state index contributed by atoms with van der Waals surface area (Å²) in [6, 6.07) is 7.29. The summed E-state index contributed by atoms with van der Waals surface area (Å²) in [5, 5.41) is 5.62. The van der Waals surface area contributed by atoms with Crippen molar-refractivity contribution in [3.63, 3.8) is 0 Å². The third kappa shape index (κ3) is 8.93. The Morgan fingerprint density at radius 3 is 2.33 bits per heavy atom. The summed E-state index contributed by atoms with van der Waals surface area (Å²) in [6.45, 7) is 10.6. The van der Waals surface area contributed by atoms with E-state index in [1.165, 1.54) is 5.56 Å². The highest BCUT2D eigenvalue weighted by molar-refractivity contribution is 7.98. The maximum absolute atomic E-state index is 12.7. The summed E-state index contributed by atoms with van der Waals surface area (Å²) in [7, 11) is 2.15. The second kappa shape index (κ2) is 11.6. The Bertz CT molecular complexity index is 683. The van der Waals surface area contributed by atoms with Crippen LogP contribution in [-0.4, -0.2) is 78.7 Å². The van der Waals surface area contributed by atoms with E-state index in [1.54, 1.807) is 32.5 Å². The van der Waals surface area contributed by atoms with Gasteiger partial charge < -0.3 is 20.3 Å². The number of benzene rings is 1. The van der Waals surface area contributed by atoms with Gasteiger partial charge in [0.05, 0.1) is 0 Å². The summed E-state index contributed by atoms with van der Waals surface area (Å²) in [5.74, 6) is 0.527. The third-order valence-electron chi connectivity index (χ3n) is 4.84. The largest absolute Gasteiger partial charge is 0.444 e. The molecule has 0 bridgehead atoms. The lowest BCUT2D eigenvalue weighted by Gasteiger charge is -2.32. The lowest BCUT2D eigenvalue weighted by atomic mass is 10.1. The molecule has 2 N–H and O–H groups in total. The van der Waals surface area contributed by atoms with E-state index in [-0.39, 0.29) is 5.91 Å². The van der Waals surface area contributed by atoms with Gasteiger partial charge in [0.2, 0.25) is 5.91 Å². The lowest BCUT2D eigenvalue weighted by molar-refractivity contribution is -0.118. The Labute approximate surface area is 184 Å². The number of rotatable bonds is 8. The van der Waals surface area contributed by atoms with Gasteiger partial charge in [-0.1, -0.05) is 12.1 Å². The van der Waals surface area contributed by atoms with E-state index in [1.807, 2.05) is 30.5 Å². The van der Waals surface area contributed by atoms with Crippen molar-refractivity contribution >= 4 is 29.4 Å². The molecule has 1 aromatic rings. The zero-order valence-corrected chi connectivity index (χ0v) is 19.7. The maximum Gasteiger partial charge on any atom is 0.408 e. The minimum Gasteiger partial charge on any atom is -0.444 e. The highest BCUT2D eigenvalue weighted by atomic mass is 32.2. The summed E-state index contributed by atoms with van der Waals surface area (Å²) in [5.41, 5.74) is 1.34. The van der Waals surface area contributed by atoms with E-state index in [0.717, 1.165) is 44.2 Å². The number of alkyl carbamates (subject to hydrolysis) is 1. The molecule has 1 saturated heterocycles. The number of nitrogens with zero attached hydrogens (tertiary/aromatic N) is 2. The Morgan fingerprint density at radius 1 is 1.13 bits per heavy atom. The first-order valence-electron chi connectivity index (χ1n) is 10.5. The number of hydrogen-bond donors (Lipinski definition) is 2. The fourth-order valence-corrected chi connectivity index (χ4v) is 3.61. The second-order valence-corrected chi connectivity index (χ2v) is 9.73. The number of ether oxygens (including phenoxy) is 1. The van der Waals surface area contributed by atoms with E-state index in [2.05, 4.69) is 27.5 Å². The normalized spacial score (nSPS) is 16.7. The molecule has 1 aromatic carbocycles. The van der Waals surface area contributed by atoms with Gasteiger partial charge >= 0.3 is 6.09 Å². The first-order valence-corrected chi connectivity index (χ1v) is 11.8. The Balaban J connectivity index is 1.91. The average molecular weight is 437 g/mol. The van der Waals surface area contributed by atoms with Gasteiger partial charge in [0.15, 0.2) is 0 Å². The van der Waals surface area contributed by atoms with Crippen LogP contribution in [0.4, 0.5) is 10.5 Å². The van der Waals surface area contributed by atoms with Crippen LogP contribution in [0.15, 0.2) is 24.3 Å². The summed E-state index contributed by atoms with van der Waals surface area (Å²) >= 11 is 1.63. The third-order valence-corrected chi connectivity index (χ3v) is 5.49. The molecule has 0 radical (unpaired) electrons. The van der Waals surface area contributed by atoms with Crippen LogP contribution < -0.4 is 10.6 Å². The van der Waals surface area contributed by atoms with E-state index in [4.69, 9.17) is 4.74 Å². The minimum atomic E-state index is -0.641. The molecule has 2 rings (SSSR count). The Hall–Kier alpha value is -1.77. The molecule has 0 spiro atoms. The fraction of sp³-hybridized carbons (Fsp3) is 0.636. The number of carbonyl (C=O) groups is 2. The monoisotopic (exact) mass is 436 g/mol. The predicted molar refractivity (Wildman–Crippen MR) is 124 cm³/mol. The SMILES string of the molecule is CSCCC(NC(=O)OC(C)(C)C)C(=O)Nc1ccc(CN2CCN(C)CC2)cc1. The molecule has 0 saturated carbocycles. The summed E-state index contributed by atoms with van der Waals surface area (Å²) in [6.07, 6.45) is 1.93. The van der Waals surface area contributed by atoms with Crippen molar-refractivity contribution in [3.8, 4) is 0 Å². The second-order valence-electron chi connectivity index (χ2n) is 8.75. The maximum atomic E-state index is 12.7. The van der Waals surface area contributed by atoms with Crippen molar-refractivity contribution in [1.82, 2.24) is 15.1 Å². The van der Waals surface area contributed by atoms with E-state index >= 15 is 0 Å². The van der Waals surface area contributed by atoms with Crippen LogP contribution in [0.25, 0.3) is 0 Å². The fourth-order valence-electron chi connectivity index (χ4n) is 3.14.